The summed E-state index contributed by atoms with van der Waals surface area (Å²) >= 11 is 0. The number of amides is 5. The molecule has 298 valence electrons. The molecular weight excluding hydrogens is 704 g/mol. The van der Waals surface area contributed by atoms with E-state index in [0.29, 0.717) is 6.42 Å². The van der Waals surface area contributed by atoms with Gasteiger partial charge in [-0.3, -0.25) is 43.5 Å². The zero-order valence-electron chi connectivity index (χ0n) is 29.5. The number of hydrogen-bond donors (Lipinski definition) is 12. The Bertz CT molecular complexity index is 1380. The normalized spacial score (nSPS) is 16.4. The largest absolute Gasteiger partial charge is 0.481 e. The monoisotopic (exact) mass is 756 g/mol. The lowest BCUT2D eigenvalue weighted by atomic mass is 10.1. The highest BCUT2D eigenvalue weighted by Crippen LogP contribution is 2.19. The van der Waals surface area contributed by atoms with Crippen LogP contribution in [0.25, 0.3) is 0 Å². The van der Waals surface area contributed by atoms with Crippen molar-refractivity contribution in [2.45, 2.75) is 107 Å². The van der Waals surface area contributed by atoms with Crippen LogP contribution in [0.5, 0.6) is 0 Å². The molecule has 1 heterocycles. The highest BCUT2D eigenvalue weighted by Gasteiger charge is 2.38. The van der Waals surface area contributed by atoms with Crippen LogP contribution in [0, 0.1) is 0 Å². The number of carbonyl (C=O) groups excluding carboxylic acids is 5. The average Bonchev–Trinajstić information content (AvgIpc) is 3.57. The van der Waals surface area contributed by atoms with E-state index in [4.69, 9.17) is 38.9 Å². The van der Waals surface area contributed by atoms with Crippen LogP contribution in [0.1, 0.15) is 71.1 Å². The van der Waals surface area contributed by atoms with Crippen LogP contribution in [-0.4, -0.2) is 135 Å². The minimum absolute atomic E-state index is 0.00869. The lowest BCUT2D eigenvalue weighted by Crippen LogP contribution is -2.58. The van der Waals surface area contributed by atoms with Gasteiger partial charge in [0.15, 0.2) is 11.9 Å². The predicted molar refractivity (Wildman–Crippen MR) is 187 cm³/mol. The Balaban J connectivity index is 3.07. The van der Waals surface area contributed by atoms with Gasteiger partial charge in [-0.15, -0.1) is 0 Å². The standard InChI is InChI=1S/C30H52N12O11/c1-15(38-24(48)18(9-11-22(45)46)39-23(47)16(31)8-10-21(43)44)27(51)42-14-4-7-20(42)26(50)40-17(5-2-12-36-29(32)33)25(49)41-19(28(52)53)6-3-13-37-30(34)35/h15-20H,2-14,31H2,1H3,(H,38,48)(H,39,47)(H,40,50)(H,41,49)(H,43,44)(H,45,46)(H,52,53)(H4,32,33,36)(H4,34,35,37)/t15-,16-,17-,18-,19-,20-/m0/s1. The molecule has 1 saturated heterocycles. The third-order valence-electron chi connectivity index (χ3n) is 7.99. The van der Waals surface area contributed by atoms with E-state index in [2.05, 4.69) is 31.3 Å². The van der Waals surface area contributed by atoms with Crippen molar-refractivity contribution < 1.29 is 53.7 Å². The van der Waals surface area contributed by atoms with Crippen LogP contribution in [-0.2, 0) is 38.4 Å². The third kappa shape index (κ3) is 17.4. The molecule has 0 aromatic heterocycles. The number of aliphatic carboxylic acids is 3. The molecule has 1 rings (SSSR count). The van der Waals surface area contributed by atoms with Gasteiger partial charge in [0.25, 0.3) is 0 Å². The first-order valence-electron chi connectivity index (χ1n) is 16.9. The molecule has 23 nitrogen and oxygen atoms in total. The molecule has 23 heteroatoms. The molecule has 17 N–H and O–H groups in total. The molecule has 0 radical (unpaired) electrons. The summed E-state index contributed by atoms with van der Waals surface area (Å²) in [5.74, 6) is -8.23. The second-order valence-corrected chi connectivity index (χ2v) is 12.3. The van der Waals surface area contributed by atoms with Crippen LogP contribution in [0.15, 0.2) is 9.98 Å². The van der Waals surface area contributed by atoms with Gasteiger partial charge < -0.3 is 70.2 Å². The van der Waals surface area contributed by atoms with Gasteiger partial charge in [-0.2, -0.15) is 0 Å². The first kappa shape index (κ1) is 45.3. The maximum atomic E-state index is 13.5. The summed E-state index contributed by atoms with van der Waals surface area (Å²) in [5, 5.41) is 37.3. The van der Waals surface area contributed by atoms with Gasteiger partial charge in [0, 0.05) is 32.5 Å². The van der Waals surface area contributed by atoms with Crippen molar-refractivity contribution in [1.82, 2.24) is 26.2 Å². The van der Waals surface area contributed by atoms with Crippen molar-refractivity contribution >= 4 is 59.4 Å². The molecule has 1 aliphatic heterocycles. The minimum Gasteiger partial charge on any atom is -0.481 e. The number of hydrogen-bond acceptors (Lipinski definition) is 11. The molecule has 0 aliphatic carbocycles. The van der Waals surface area contributed by atoms with E-state index in [1.807, 2.05) is 0 Å². The van der Waals surface area contributed by atoms with Crippen LogP contribution >= 0.6 is 0 Å². The van der Waals surface area contributed by atoms with Gasteiger partial charge in [0.05, 0.1) is 6.04 Å². The summed E-state index contributed by atoms with van der Waals surface area (Å²) in [4.78, 5) is 109. The minimum atomic E-state index is -1.44. The van der Waals surface area contributed by atoms with Crippen LogP contribution in [0.3, 0.4) is 0 Å². The SMILES string of the molecule is C[C@H](NC(=O)[C@H](CCC(=O)O)NC(=O)[C@@H](N)CCC(=O)O)C(=O)N1CCC[C@H]1C(=O)N[C@@H](CCCN=C(N)N)C(=O)N[C@@H](CCCN=C(N)N)C(=O)O. The lowest BCUT2D eigenvalue weighted by Gasteiger charge is -2.29. The summed E-state index contributed by atoms with van der Waals surface area (Å²) in [6.07, 6.45) is -0.624. The lowest BCUT2D eigenvalue weighted by molar-refractivity contribution is -0.143. The van der Waals surface area contributed by atoms with E-state index in [-0.39, 0.29) is 76.5 Å². The molecule has 1 aliphatic rings. The molecule has 0 unspecified atom stereocenters. The van der Waals surface area contributed by atoms with Crippen LogP contribution in [0.4, 0.5) is 0 Å². The van der Waals surface area contributed by atoms with E-state index in [1.54, 1.807) is 0 Å². The van der Waals surface area contributed by atoms with Crippen molar-refractivity contribution in [3.8, 4) is 0 Å². The molecule has 0 spiro atoms. The number of carboxylic acid groups (broad SMARTS) is 3. The van der Waals surface area contributed by atoms with E-state index < -0.39 is 96.5 Å². The number of guanidine groups is 2. The fourth-order valence-corrected chi connectivity index (χ4v) is 5.23. The fourth-order valence-electron chi connectivity index (χ4n) is 5.23. The highest BCUT2D eigenvalue weighted by molar-refractivity contribution is 5.96. The molecular formula is C30H52N12O11. The zero-order valence-corrected chi connectivity index (χ0v) is 29.5. The smallest absolute Gasteiger partial charge is 0.326 e. The van der Waals surface area contributed by atoms with Crippen molar-refractivity contribution in [3.63, 3.8) is 0 Å². The van der Waals surface area contributed by atoms with Gasteiger partial charge in [-0.25, -0.2) is 4.79 Å². The zero-order chi connectivity index (χ0) is 40.2. The summed E-state index contributed by atoms with van der Waals surface area (Å²) < 4.78 is 0. The number of rotatable bonds is 24. The Morgan fingerprint density at radius 3 is 1.72 bits per heavy atom. The van der Waals surface area contributed by atoms with Crippen molar-refractivity contribution in [2.24, 2.45) is 38.7 Å². The third-order valence-corrected chi connectivity index (χ3v) is 7.99. The van der Waals surface area contributed by atoms with E-state index >= 15 is 0 Å². The molecule has 53 heavy (non-hydrogen) atoms. The molecule has 0 bridgehead atoms. The number of carbonyl (C=O) groups is 8. The summed E-state index contributed by atoms with van der Waals surface area (Å²) in [6, 6.07) is -7.70. The number of nitrogens with one attached hydrogen (secondary N) is 4. The average molecular weight is 757 g/mol. The number of carboxylic acids is 3. The molecule has 0 saturated carbocycles. The molecule has 0 aromatic carbocycles. The van der Waals surface area contributed by atoms with Gasteiger partial charge in [-0.1, -0.05) is 0 Å². The van der Waals surface area contributed by atoms with Gasteiger partial charge >= 0.3 is 17.9 Å². The molecule has 1 fully saturated rings. The summed E-state index contributed by atoms with van der Waals surface area (Å²) in [7, 11) is 0. The quantitative estimate of drug-likeness (QED) is 0.0250. The number of aliphatic imine (C=N–C) groups is 2. The van der Waals surface area contributed by atoms with E-state index in [9.17, 15) is 43.5 Å². The van der Waals surface area contributed by atoms with Crippen LogP contribution in [0.2, 0.25) is 0 Å². The van der Waals surface area contributed by atoms with E-state index in [0.717, 1.165) is 0 Å². The molecule has 6 atom stereocenters. The molecule has 0 aromatic rings. The number of nitrogens with two attached hydrogens (primary N) is 5. The Labute approximate surface area is 304 Å². The Morgan fingerprint density at radius 2 is 1.19 bits per heavy atom. The second kappa shape index (κ2) is 22.9. The topological polar surface area (TPSA) is 403 Å². The maximum absolute atomic E-state index is 13.5. The first-order chi connectivity index (χ1) is 24.8. The van der Waals surface area contributed by atoms with Crippen molar-refractivity contribution in [2.75, 3.05) is 19.6 Å². The molecule has 5 amide bonds. The highest BCUT2D eigenvalue weighted by atomic mass is 16.4. The Hall–Kier alpha value is -5.74. The Morgan fingerprint density at radius 1 is 0.698 bits per heavy atom. The number of nitrogens with zero attached hydrogens (tertiary/aromatic N) is 3. The Kier molecular flexibility index (Phi) is 19.6. The number of likely N-dealkylation sites (tertiary alicyclic amines) is 1. The van der Waals surface area contributed by atoms with Gasteiger partial charge in [0.1, 0.15) is 30.2 Å². The summed E-state index contributed by atoms with van der Waals surface area (Å²) in [5.41, 5.74) is 27.0. The van der Waals surface area contributed by atoms with Gasteiger partial charge in [0.2, 0.25) is 29.5 Å². The van der Waals surface area contributed by atoms with Crippen molar-refractivity contribution in [3.05, 3.63) is 0 Å². The maximum Gasteiger partial charge on any atom is 0.326 e. The van der Waals surface area contributed by atoms with Crippen LogP contribution < -0.4 is 49.9 Å². The van der Waals surface area contributed by atoms with Gasteiger partial charge in [-0.05, 0) is 58.3 Å². The summed E-state index contributed by atoms with van der Waals surface area (Å²) in [6.45, 7) is 1.63. The predicted octanol–water partition coefficient (Wildman–Crippen LogP) is -4.81. The van der Waals surface area contributed by atoms with Crippen molar-refractivity contribution in [1.29, 1.82) is 0 Å². The fraction of sp³-hybridized carbons (Fsp3) is 0.667. The first-order valence-corrected chi connectivity index (χ1v) is 16.9. The van der Waals surface area contributed by atoms with E-state index in [1.165, 1.54) is 11.8 Å². The second-order valence-electron chi connectivity index (χ2n) is 12.3.